The average Bonchev–Trinajstić information content (AvgIpc) is 2.85. The van der Waals surface area contributed by atoms with Crippen LogP contribution in [0.4, 0.5) is 0 Å². The molecule has 2 atom stereocenters. The first-order chi connectivity index (χ1) is 9.89. The highest BCUT2D eigenvalue weighted by Gasteiger charge is 2.46. The lowest BCUT2D eigenvalue weighted by molar-refractivity contribution is -0.126. The molecule has 0 aromatic rings. The molecule has 0 heterocycles. The van der Waals surface area contributed by atoms with Gasteiger partial charge >= 0.3 is 0 Å². The van der Waals surface area contributed by atoms with Gasteiger partial charge in [-0.15, -0.1) is 0 Å². The number of nitrogens with two attached hydrogens (primary N) is 1. The van der Waals surface area contributed by atoms with Gasteiger partial charge in [0.15, 0.2) is 0 Å². The molecule has 0 aromatic carbocycles. The molecule has 2 aliphatic rings. The number of hydrogen-bond acceptors (Lipinski definition) is 3. The molecule has 2 aliphatic carbocycles. The van der Waals surface area contributed by atoms with E-state index in [0.717, 1.165) is 32.3 Å². The molecule has 4 nitrogen and oxygen atoms in total. The van der Waals surface area contributed by atoms with E-state index in [-0.39, 0.29) is 5.91 Å². The Morgan fingerprint density at radius 2 is 1.90 bits per heavy atom. The molecule has 3 N–H and O–H groups in total. The van der Waals surface area contributed by atoms with Gasteiger partial charge in [-0.05, 0) is 63.3 Å². The molecule has 122 valence electrons. The molecule has 2 unspecified atom stereocenters. The van der Waals surface area contributed by atoms with E-state index < -0.39 is 5.54 Å². The van der Waals surface area contributed by atoms with Crippen molar-refractivity contribution >= 4 is 5.91 Å². The van der Waals surface area contributed by atoms with Crippen molar-refractivity contribution in [2.45, 2.75) is 76.9 Å². The van der Waals surface area contributed by atoms with Crippen LogP contribution >= 0.6 is 0 Å². The van der Waals surface area contributed by atoms with E-state index in [9.17, 15) is 4.79 Å². The second-order valence-corrected chi connectivity index (χ2v) is 7.70. The summed E-state index contributed by atoms with van der Waals surface area (Å²) < 4.78 is 6.08. The van der Waals surface area contributed by atoms with E-state index in [1.165, 1.54) is 25.7 Å². The van der Waals surface area contributed by atoms with Gasteiger partial charge in [0, 0.05) is 6.61 Å². The summed E-state index contributed by atoms with van der Waals surface area (Å²) in [4.78, 5) is 11.8. The molecule has 21 heavy (non-hydrogen) atoms. The number of likely N-dealkylation sites (N-methyl/N-ethyl adjacent to an activating group) is 1. The number of rotatable bonds is 6. The minimum Gasteiger partial charge on any atom is -0.378 e. The van der Waals surface area contributed by atoms with Gasteiger partial charge in [0.25, 0.3) is 0 Å². The van der Waals surface area contributed by atoms with E-state index >= 15 is 0 Å². The molecule has 0 aliphatic heterocycles. The maximum atomic E-state index is 11.8. The molecule has 0 aromatic heterocycles. The SMILES string of the molecule is CNC1(C(N)=O)CCCC1CCOC1CCC(C)(C)CC1. The van der Waals surface area contributed by atoms with Crippen LogP contribution in [-0.2, 0) is 9.53 Å². The van der Waals surface area contributed by atoms with Gasteiger partial charge in [0.1, 0.15) is 5.54 Å². The molecule has 2 rings (SSSR count). The highest BCUT2D eigenvalue weighted by molar-refractivity contribution is 5.85. The monoisotopic (exact) mass is 296 g/mol. The van der Waals surface area contributed by atoms with Crippen LogP contribution in [0.2, 0.25) is 0 Å². The van der Waals surface area contributed by atoms with E-state index in [0.29, 0.717) is 17.4 Å². The number of nitrogens with one attached hydrogen (secondary N) is 1. The number of hydrogen-bond donors (Lipinski definition) is 2. The lowest BCUT2D eigenvalue weighted by Crippen LogP contribution is -2.56. The molecule has 1 amide bonds. The maximum absolute atomic E-state index is 11.8. The van der Waals surface area contributed by atoms with Crippen LogP contribution in [0.15, 0.2) is 0 Å². The highest BCUT2D eigenvalue weighted by Crippen LogP contribution is 2.39. The van der Waals surface area contributed by atoms with Gasteiger partial charge in [-0.3, -0.25) is 4.79 Å². The third kappa shape index (κ3) is 3.78. The third-order valence-electron chi connectivity index (χ3n) is 5.81. The molecular formula is C17H32N2O2. The highest BCUT2D eigenvalue weighted by atomic mass is 16.5. The van der Waals surface area contributed by atoms with Crippen LogP contribution in [-0.4, -0.2) is 31.2 Å². The second kappa shape index (κ2) is 6.66. The van der Waals surface area contributed by atoms with E-state index in [1.807, 2.05) is 7.05 Å². The van der Waals surface area contributed by atoms with Crippen LogP contribution < -0.4 is 11.1 Å². The summed E-state index contributed by atoms with van der Waals surface area (Å²) in [6.07, 6.45) is 9.21. The van der Waals surface area contributed by atoms with E-state index in [1.54, 1.807) is 0 Å². The zero-order valence-electron chi connectivity index (χ0n) is 13.9. The Labute approximate surface area is 129 Å². The fourth-order valence-corrected chi connectivity index (χ4v) is 4.16. The zero-order valence-corrected chi connectivity index (χ0v) is 13.9. The number of ether oxygens (including phenoxy) is 1. The topological polar surface area (TPSA) is 64.3 Å². The van der Waals surface area contributed by atoms with Gasteiger partial charge in [-0.25, -0.2) is 0 Å². The Morgan fingerprint density at radius 3 is 2.48 bits per heavy atom. The summed E-state index contributed by atoms with van der Waals surface area (Å²) >= 11 is 0. The average molecular weight is 296 g/mol. The Kier molecular flexibility index (Phi) is 5.31. The van der Waals surface area contributed by atoms with Gasteiger partial charge in [-0.2, -0.15) is 0 Å². The van der Waals surface area contributed by atoms with Crippen LogP contribution in [0.1, 0.15) is 65.2 Å². The minimum absolute atomic E-state index is 0.202. The van der Waals surface area contributed by atoms with Crippen molar-refractivity contribution in [2.75, 3.05) is 13.7 Å². The Morgan fingerprint density at radius 1 is 1.24 bits per heavy atom. The predicted octanol–water partition coefficient (Wildman–Crippen LogP) is 2.61. The van der Waals surface area contributed by atoms with E-state index in [2.05, 4.69) is 19.2 Å². The van der Waals surface area contributed by atoms with E-state index in [4.69, 9.17) is 10.5 Å². The smallest absolute Gasteiger partial charge is 0.238 e. The number of carbonyl (C=O) groups is 1. The van der Waals surface area contributed by atoms with Crippen LogP contribution in [0.3, 0.4) is 0 Å². The number of amides is 1. The van der Waals surface area contributed by atoms with Crippen molar-refractivity contribution in [1.82, 2.24) is 5.32 Å². The Bertz CT molecular complexity index is 360. The quantitative estimate of drug-likeness (QED) is 0.792. The minimum atomic E-state index is -0.502. The summed E-state index contributed by atoms with van der Waals surface area (Å²) in [5.74, 6) is 0.118. The van der Waals surface area contributed by atoms with Crippen molar-refractivity contribution in [3.63, 3.8) is 0 Å². The zero-order chi connectivity index (χ0) is 15.5. The Balaban J connectivity index is 1.77. The van der Waals surface area contributed by atoms with Crippen LogP contribution in [0.5, 0.6) is 0 Å². The lowest BCUT2D eigenvalue weighted by atomic mass is 9.76. The summed E-state index contributed by atoms with van der Waals surface area (Å²) in [6.45, 7) is 5.44. The fraction of sp³-hybridized carbons (Fsp3) is 0.941. The molecule has 2 fully saturated rings. The first-order valence-electron chi connectivity index (χ1n) is 8.50. The molecule has 0 spiro atoms. The first kappa shape index (κ1) is 16.8. The maximum Gasteiger partial charge on any atom is 0.238 e. The molecule has 4 heteroatoms. The van der Waals surface area contributed by atoms with Gasteiger partial charge in [0.05, 0.1) is 6.10 Å². The normalized spacial score (nSPS) is 33.2. The lowest BCUT2D eigenvalue weighted by Gasteiger charge is -2.35. The summed E-state index contributed by atoms with van der Waals surface area (Å²) in [5, 5.41) is 3.20. The molecule has 0 radical (unpaired) electrons. The van der Waals surface area contributed by atoms with Gasteiger partial charge < -0.3 is 15.8 Å². The standard InChI is InChI=1S/C17H32N2O2/c1-16(2)10-6-14(7-11-16)21-12-8-13-5-4-9-17(13,19-3)15(18)20/h13-14,19H,4-12H2,1-3H3,(H2,18,20). The van der Waals surface area contributed by atoms with Crippen molar-refractivity contribution < 1.29 is 9.53 Å². The summed E-state index contributed by atoms with van der Waals surface area (Å²) in [7, 11) is 1.85. The first-order valence-corrected chi connectivity index (χ1v) is 8.50. The third-order valence-corrected chi connectivity index (χ3v) is 5.81. The fourth-order valence-electron chi connectivity index (χ4n) is 4.16. The molecule has 2 saturated carbocycles. The van der Waals surface area contributed by atoms with Crippen molar-refractivity contribution in [3.05, 3.63) is 0 Å². The van der Waals surface area contributed by atoms with Gasteiger partial charge in [0.2, 0.25) is 5.91 Å². The molecule has 0 saturated heterocycles. The number of primary amides is 1. The molecule has 0 bridgehead atoms. The number of carbonyl (C=O) groups excluding carboxylic acids is 1. The van der Waals surface area contributed by atoms with Crippen molar-refractivity contribution in [1.29, 1.82) is 0 Å². The van der Waals surface area contributed by atoms with Gasteiger partial charge in [-0.1, -0.05) is 20.3 Å². The van der Waals surface area contributed by atoms with Crippen molar-refractivity contribution in [3.8, 4) is 0 Å². The summed E-state index contributed by atoms with van der Waals surface area (Å²) in [6, 6.07) is 0. The largest absolute Gasteiger partial charge is 0.378 e. The van der Waals surface area contributed by atoms with Crippen LogP contribution in [0.25, 0.3) is 0 Å². The van der Waals surface area contributed by atoms with Crippen molar-refractivity contribution in [2.24, 2.45) is 17.1 Å². The summed E-state index contributed by atoms with van der Waals surface area (Å²) in [5.41, 5.74) is 5.62. The Hall–Kier alpha value is -0.610. The second-order valence-electron chi connectivity index (χ2n) is 7.70. The predicted molar refractivity (Wildman–Crippen MR) is 84.9 cm³/mol. The van der Waals surface area contributed by atoms with Crippen LogP contribution in [0, 0.1) is 11.3 Å². The molecular weight excluding hydrogens is 264 g/mol.